The monoisotopic (exact) mass is 517 g/mol. The normalized spacial score (nSPS) is 47.2. The number of nitriles is 1. The highest BCUT2D eigenvalue weighted by Gasteiger charge is 2.71. The van der Waals surface area contributed by atoms with Crippen molar-refractivity contribution in [1.29, 1.82) is 5.26 Å². The molecule has 5 rings (SSSR count). The molecule has 0 N–H and O–H groups in total. The topological polar surface area (TPSA) is 107 Å². The molecule has 3 fully saturated rings. The smallest absolute Gasteiger partial charge is 0.312 e. The summed E-state index contributed by atoms with van der Waals surface area (Å²) >= 11 is 0. The first-order valence-corrected chi connectivity index (χ1v) is 14.1. The van der Waals surface area contributed by atoms with E-state index in [-0.39, 0.29) is 57.1 Å². The minimum absolute atomic E-state index is 0.0300. The number of rotatable bonds is 2. The molecule has 204 valence electrons. The minimum Gasteiger partial charge on any atom is -0.813 e. The molecule has 0 saturated heterocycles. The van der Waals surface area contributed by atoms with Crippen LogP contribution in [0.2, 0.25) is 0 Å². The summed E-state index contributed by atoms with van der Waals surface area (Å²) in [6.45, 7) is 12.7. The number of hydrogen-bond donors (Lipinski definition) is 0. The molecule has 5 aliphatic carbocycles. The first-order valence-electron chi connectivity index (χ1n) is 14.1. The number of ether oxygens (including phenoxy) is 1. The molecule has 0 heterocycles. The molecule has 8 atom stereocenters. The Labute approximate surface area is 226 Å². The lowest BCUT2D eigenvalue weighted by molar-refractivity contribution is -0.190. The molecule has 0 amide bonds. The molecule has 0 aromatic heterocycles. The summed E-state index contributed by atoms with van der Waals surface area (Å²) in [5, 5.41) is 20.2. The van der Waals surface area contributed by atoms with Crippen LogP contribution >= 0.6 is 0 Å². The van der Waals surface area contributed by atoms with E-state index < -0.39 is 16.2 Å². The van der Waals surface area contributed by atoms with Gasteiger partial charge in [-0.3, -0.25) is 14.4 Å². The maximum atomic E-state index is 14.4. The van der Waals surface area contributed by atoms with Gasteiger partial charge in [-0.05, 0) is 79.1 Å². The van der Waals surface area contributed by atoms with Crippen molar-refractivity contribution < 1.29 is 19.1 Å². The van der Waals surface area contributed by atoms with Crippen molar-refractivity contribution >= 4 is 23.8 Å². The molecular weight excluding hydrogens is 476 g/mol. The molecule has 5 aliphatic rings. The highest BCUT2D eigenvalue weighted by Crippen LogP contribution is 2.74. The lowest BCUT2D eigenvalue weighted by Crippen LogP contribution is -2.66. The van der Waals surface area contributed by atoms with Crippen molar-refractivity contribution in [2.45, 2.75) is 86.5 Å². The molecule has 6 nitrogen and oxygen atoms in total. The third-order valence-corrected chi connectivity index (χ3v) is 12.5. The van der Waals surface area contributed by atoms with Gasteiger partial charge in [0, 0.05) is 16.7 Å². The molecule has 0 radical (unpaired) electrons. The summed E-state index contributed by atoms with van der Waals surface area (Å²) in [7, 11) is 1.46. The van der Waals surface area contributed by atoms with Crippen molar-refractivity contribution in [3.8, 4) is 6.07 Å². The quantitative estimate of drug-likeness (QED) is 0.330. The average Bonchev–Trinajstić information content (AvgIpc) is 2.86. The van der Waals surface area contributed by atoms with Gasteiger partial charge in [-0.1, -0.05) is 53.2 Å². The third kappa shape index (κ3) is 3.05. The second kappa shape index (κ2) is 7.99. The number of ketones is 2. The Morgan fingerprint density at radius 1 is 1.08 bits per heavy atom. The van der Waals surface area contributed by atoms with E-state index >= 15 is 0 Å². The fraction of sp³-hybridized carbons (Fsp3) is 0.719. The Balaban J connectivity index is 1.71. The van der Waals surface area contributed by atoms with Gasteiger partial charge in [-0.15, -0.1) is 0 Å². The SMILES string of the molecule is COC(=O)[C@]12CCC(C)(C)C[C@H]1[C@H]1C(=O)C=C3[C@@]4(C)C=C(C#N)C(=O)[C@@](C)(C=[N-])C4CC[C@@]3(C)[C@]1(C)CC2. The van der Waals surface area contributed by atoms with Crippen LogP contribution < -0.4 is 0 Å². The number of methoxy groups -OCH3 is 1. The lowest BCUT2D eigenvalue weighted by Gasteiger charge is -2.69. The zero-order valence-electron chi connectivity index (χ0n) is 23.9. The van der Waals surface area contributed by atoms with E-state index in [1.165, 1.54) is 7.11 Å². The second-order valence-corrected chi connectivity index (χ2v) is 14.6. The summed E-state index contributed by atoms with van der Waals surface area (Å²) < 4.78 is 5.39. The number of Topliss-reactive ketones (excluding diaryl/α,β-unsaturated/α-hetero) is 1. The second-order valence-electron chi connectivity index (χ2n) is 14.6. The summed E-state index contributed by atoms with van der Waals surface area (Å²) in [4.78, 5) is 41.0. The van der Waals surface area contributed by atoms with Crippen LogP contribution in [0.3, 0.4) is 0 Å². The Hall–Kier alpha value is -2.55. The Morgan fingerprint density at radius 2 is 1.74 bits per heavy atom. The number of nitrogens with zero attached hydrogens (tertiary/aromatic N) is 2. The average molecular weight is 518 g/mol. The van der Waals surface area contributed by atoms with Crippen molar-refractivity contribution in [3.63, 3.8) is 0 Å². The summed E-state index contributed by atoms with van der Waals surface area (Å²) in [6, 6.07) is 2.07. The number of allylic oxidation sites excluding steroid dienone is 4. The molecule has 0 aromatic carbocycles. The summed E-state index contributed by atoms with van der Waals surface area (Å²) in [5.74, 6) is -1.14. The van der Waals surface area contributed by atoms with Gasteiger partial charge in [-0.25, -0.2) is 6.21 Å². The van der Waals surface area contributed by atoms with E-state index in [2.05, 4.69) is 33.8 Å². The van der Waals surface area contributed by atoms with Crippen molar-refractivity contribution in [2.24, 2.45) is 50.2 Å². The van der Waals surface area contributed by atoms with Gasteiger partial charge in [0.2, 0.25) is 0 Å². The fourth-order valence-electron chi connectivity index (χ4n) is 10.1. The van der Waals surface area contributed by atoms with Gasteiger partial charge in [0.05, 0.1) is 18.1 Å². The van der Waals surface area contributed by atoms with Crippen LogP contribution in [0.4, 0.5) is 0 Å². The van der Waals surface area contributed by atoms with Crippen LogP contribution in [0.15, 0.2) is 23.3 Å². The van der Waals surface area contributed by atoms with Gasteiger partial charge in [-0.2, -0.15) is 5.26 Å². The molecule has 1 unspecified atom stereocenters. The highest BCUT2D eigenvalue weighted by atomic mass is 16.5. The predicted molar refractivity (Wildman–Crippen MR) is 145 cm³/mol. The van der Waals surface area contributed by atoms with Gasteiger partial charge >= 0.3 is 5.97 Å². The fourth-order valence-corrected chi connectivity index (χ4v) is 10.1. The molecule has 6 heteroatoms. The summed E-state index contributed by atoms with van der Waals surface area (Å²) in [6.07, 6.45) is 9.93. The highest BCUT2D eigenvalue weighted by molar-refractivity contribution is 6.13. The molecule has 3 saturated carbocycles. The molecular formula is C32H41N2O4-. The van der Waals surface area contributed by atoms with Crippen molar-refractivity contribution in [3.05, 3.63) is 28.7 Å². The maximum Gasteiger partial charge on any atom is 0.312 e. The molecule has 38 heavy (non-hydrogen) atoms. The minimum atomic E-state index is -1.20. The number of esters is 1. The zero-order chi connectivity index (χ0) is 28.1. The molecule has 0 bridgehead atoms. The van der Waals surface area contributed by atoms with E-state index in [0.717, 1.165) is 43.9 Å². The largest absolute Gasteiger partial charge is 0.813 e. The number of carbonyl (C=O) groups excluding carboxylic acids is 3. The maximum absolute atomic E-state index is 14.4. The van der Waals surface area contributed by atoms with Gasteiger partial charge in [0.25, 0.3) is 0 Å². The lowest BCUT2D eigenvalue weighted by atomic mass is 9.34. The summed E-state index contributed by atoms with van der Waals surface area (Å²) in [5.41, 5.74) is -2.27. The first kappa shape index (κ1) is 27.0. The van der Waals surface area contributed by atoms with Crippen LogP contribution in [0.1, 0.15) is 86.5 Å². The number of carbonyl (C=O) groups is 3. The van der Waals surface area contributed by atoms with E-state index in [0.29, 0.717) is 12.8 Å². The van der Waals surface area contributed by atoms with Crippen LogP contribution in [-0.4, -0.2) is 30.9 Å². The van der Waals surface area contributed by atoms with E-state index in [1.54, 1.807) is 13.0 Å². The van der Waals surface area contributed by atoms with Crippen molar-refractivity contribution in [2.75, 3.05) is 7.11 Å². The first-order chi connectivity index (χ1) is 17.6. The van der Waals surface area contributed by atoms with Gasteiger partial charge in [0.15, 0.2) is 11.6 Å². The Kier molecular flexibility index (Phi) is 5.69. The van der Waals surface area contributed by atoms with E-state index in [9.17, 15) is 25.1 Å². The zero-order valence-corrected chi connectivity index (χ0v) is 23.9. The van der Waals surface area contributed by atoms with E-state index in [4.69, 9.17) is 4.74 Å². The third-order valence-electron chi connectivity index (χ3n) is 12.5. The van der Waals surface area contributed by atoms with Gasteiger partial charge in [0.1, 0.15) is 6.07 Å². The number of hydrogen-bond acceptors (Lipinski definition) is 5. The Bertz CT molecular complexity index is 1250. The standard InChI is InChI=1S/C32H41N2O4/c1-27(2)10-12-32(26(37)38-7)13-11-31(6)24(20(32)16-27)21(35)14-23-28(3)15-19(17-33)25(36)29(4,18-34)22(28)8-9-30(23,31)5/h14-15,18,20,22,24H,8-13,16H2,1-7H3/q-1/t20-,22?,24-,28-,29-,30+,31+,32-/m0/s1. The Morgan fingerprint density at radius 3 is 2.34 bits per heavy atom. The molecule has 0 aromatic rings. The van der Waals surface area contributed by atoms with Gasteiger partial charge < -0.3 is 10.1 Å². The van der Waals surface area contributed by atoms with Crippen LogP contribution in [-0.2, 0) is 19.1 Å². The predicted octanol–water partition coefficient (Wildman–Crippen LogP) is 6.00. The number of fused-ring (bicyclic) bond motifs is 7. The molecule has 0 spiro atoms. The van der Waals surface area contributed by atoms with Crippen molar-refractivity contribution in [1.82, 2.24) is 0 Å². The van der Waals surface area contributed by atoms with Crippen LogP contribution in [0.5, 0.6) is 0 Å². The van der Waals surface area contributed by atoms with Crippen LogP contribution in [0, 0.1) is 61.6 Å². The van der Waals surface area contributed by atoms with E-state index in [1.807, 2.05) is 13.0 Å². The molecule has 0 aliphatic heterocycles. The van der Waals surface area contributed by atoms with Crippen LogP contribution in [0.25, 0.3) is 5.41 Å².